The van der Waals surface area contributed by atoms with Crippen LogP contribution in [0.15, 0.2) is 64.9 Å². The van der Waals surface area contributed by atoms with Crippen molar-refractivity contribution >= 4 is 39.2 Å². The van der Waals surface area contributed by atoms with E-state index in [4.69, 9.17) is 4.74 Å². The molecule has 2 aromatic carbocycles. The van der Waals surface area contributed by atoms with Crippen LogP contribution in [0.4, 0.5) is 11.6 Å². The van der Waals surface area contributed by atoms with Crippen molar-refractivity contribution in [3.8, 4) is 0 Å². The van der Waals surface area contributed by atoms with Gasteiger partial charge in [0, 0.05) is 16.6 Å². The smallest absolute Gasteiger partial charge is 0.338 e. The van der Waals surface area contributed by atoms with Gasteiger partial charge in [0.2, 0.25) is 5.95 Å². The average molecular weight is 470 g/mol. The number of non-ortho nitro benzene ring substituents is 1. The second-order valence-electron chi connectivity index (χ2n) is 6.42. The molecule has 9 nitrogen and oxygen atoms in total. The number of halogens is 1. The SMILES string of the molecule is CCOC(=O)C1=C(c2ccc([N+](=O)[O-])cc2)Nc2ncnn2[C@H]1c1ccc(Br)cc1. The number of aromatic nitrogens is 3. The molecule has 1 aromatic heterocycles. The molecule has 0 saturated carbocycles. The Balaban J connectivity index is 1.92. The Kier molecular flexibility index (Phi) is 5.32. The maximum atomic E-state index is 13.0. The summed E-state index contributed by atoms with van der Waals surface area (Å²) >= 11 is 3.42. The number of carbonyl (C=O) groups is 1. The Bertz CT molecular complexity index is 1140. The first-order valence-corrected chi connectivity index (χ1v) is 9.87. The van der Waals surface area contributed by atoms with Crippen molar-refractivity contribution in [2.75, 3.05) is 11.9 Å². The zero-order chi connectivity index (χ0) is 21.3. The Labute approximate surface area is 179 Å². The highest BCUT2D eigenvalue weighted by Gasteiger charge is 2.36. The lowest BCUT2D eigenvalue weighted by molar-refractivity contribution is -0.384. The van der Waals surface area contributed by atoms with E-state index in [2.05, 4.69) is 31.3 Å². The Morgan fingerprint density at radius 2 is 1.93 bits per heavy atom. The number of nitrogens with zero attached hydrogens (tertiary/aromatic N) is 4. The number of ether oxygens (including phenoxy) is 1. The van der Waals surface area contributed by atoms with E-state index in [0.29, 0.717) is 22.8 Å². The monoisotopic (exact) mass is 469 g/mol. The highest BCUT2D eigenvalue weighted by atomic mass is 79.9. The molecule has 0 saturated heterocycles. The van der Waals surface area contributed by atoms with Crippen molar-refractivity contribution in [2.24, 2.45) is 0 Å². The van der Waals surface area contributed by atoms with E-state index in [1.807, 2.05) is 24.3 Å². The third-order valence-corrected chi connectivity index (χ3v) is 5.17. The van der Waals surface area contributed by atoms with Crippen LogP contribution in [0.5, 0.6) is 0 Å². The van der Waals surface area contributed by atoms with Crippen LogP contribution in [0.25, 0.3) is 5.70 Å². The van der Waals surface area contributed by atoms with E-state index in [0.717, 1.165) is 10.0 Å². The molecule has 1 N–H and O–H groups in total. The van der Waals surface area contributed by atoms with E-state index in [9.17, 15) is 14.9 Å². The molecule has 152 valence electrons. The summed E-state index contributed by atoms with van der Waals surface area (Å²) < 4.78 is 7.86. The Hall–Kier alpha value is -3.53. The van der Waals surface area contributed by atoms with E-state index in [-0.39, 0.29) is 12.3 Å². The number of carbonyl (C=O) groups excluding carboxylic acids is 1. The van der Waals surface area contributed by atoms with Gasteiger partial charge in [-0.15, -0.1) is 0 Å². The lowest BCUT2D eigenvalue weighted by Gasteiger charge is -2.29. The van der Waals surface area contributed by atoms with Crippen LogP contribution >= 0.6 is 15.9 Å². The summed E-state index contributed by atoms with van der Waals surface area (Å²) in [5.41, 5.74) is 2.18. The number of nitro benzene ring substituents is 1. The first-order chi connectivity index (χ1) is 14.5. The maximum Gasteiger partial charge on any atom is 0.338 e. The molecule has 0 unspecified atom stereocenters. The molecular weight excluding hydrogens is 454 g/mol. The number of nitrogens with one attached hydrogen (secondary N) is 1. The van der Waals surface area contributed by atoms with Crippen LogP contribution in [-0.4, -0.2) is 32.3 Å². The van der Waals surface area contributed by atoms with Gasteiger partial charge in [0.25, 0.3) is 5.69 Å². The molecule has 30 heavy (non-hydrogen) atoms. The zero-order valence-corrected chi connectivity index (χ0v) is 17.4. The van der Waals surface area contributed by atoms with E-state index < -0.39 is 16.9 Å². The second kappa shape index (κ2) is 8.07. The highest BCUT2D eigenvalue weighted by molar-refractivity contribution is 9.10. The van der Waals surface area contributed by atoms with Crippen molar-refractivity contribution in [3.05, 3.63) is 86.1 Å². The second-order valence-corrected chi connectivity index (χ2v) is 7.34. The van der Waals surface area contributed by atoms with Crippen molar-refractivity contribution < 1.29 is 14.5 Å². The predicted octanol–water partition coefficient (Wildman–Crippen LogP) is 3.94. The van der Waals surface area contributed by atoms with Gasteiger partial charge in [0.1, 0.15) is 12.4 Å². The molecule has 0 amide bonds. The maximum absolute atomic E-state index is 13.0. The van der Waals surface area contributed by atoms with Crippen LogP contribution in [-0.2, 0) is 9.53 Å². The van der Waals surface area contributed by atoms with Crippen molar-refractivity contribution in [2.45, 2.75) is 13.0 Å². The fourth-order valence-electron chi connectivity index (χ4n) is 3.32. The summed E-state index contributed by atoms with van der Waals surface area (Å²) in [6.07, 6.45) is 1.40. The zero-order valence-electron chi connectivity index (χ0n) is 15.8. The third-order valence-electron chi connectivity index (χ3n) is 4.65. The number of benzene rings is 2. The van der Waals surface area contributed by atoms with Gasteiger partial charge in [-0.3, -0.25) is 10.1 Å². The number of hydrogen-bond donors (Lipinski definition) is 1. The molecule has 10 heteroatoms. The summed E-state index contributed by atoms with van der Waals surface area (Å²) in [6.45, 7) is 1.93. The molecule has 0 aliphatic carbocycles. The average Bonchev–Trinajstić information content (AvgIpc) is 3.22. The predicted molar refractivity (Wildman–Crippen MR) is 113 cm³/mol. The minimum Gasteiger partial charge on any atom is -0.463 e. The molecule has 1 atom stereocenters. The van der Waals surface area contributed by atoms with Crippen LogP contribution in [0.2, 0.25) is 0 Å². The summed E-state index contributed by atoms with van der Waals surface area (Å²) in [4.78, 5) is 27.8. The number of fused-ring (bicyclic) bond motifs is 1. The fourth-order valence-corrected chi connectivity index (χ4v) is 3.58. The summed E-state index contributed by atoms with van der Waals surface area (Å²) in [6, 6.07) is 12.9. The molecule has 0 bridgehead atoms. The van der Waals surface area contributed by atoms with Crippen LogP contribution in [0.1, 0.15) is 24.1 Å². The number of anilines is 1. The first kappa shape index (κ1) is 19.8. The lowest BCUT2D eigenvalue weighted by atomic mass is 9.93. The third kappa shape index (κ3) is 3.57. The van der Waals surface area contributed by atoms with Crippen molar-refractivity contribution in [1.29, 1.82) is 0 Å². The largest absolute Gasteiger partial charge is 0.463 e. The molecule has 2 heterocycles. The number of nitro groups is 1. The van der Waals surface area contributed by atoms with Gasteiger partial charge >= 0.3 is 5.97 Å². The van der Waals surface area contributed by atoms with Crippen LogP contribution in [0, 0.1) is 10.1 Å². The first-order valence-electron chi connectivity index (χ1n) is 9.07. The Morgan fingerprint density at radius 1 is 1.23 bits per heavy atom. The molecule has 0 spiro atoms. The molecule has 1 aliphatic heterocycles. The van der Waals surface area contributed by atoms with Crippen LogP contribution in [0.3, 0.4) is 0 Å². The molecular formula is C20H16BrN5O4. The molecule has 0 radical (unpaired) electrons. The van der Waals surface area contributed by atoms with Gasteiger partial charge in [-0.05, 0) is 42.3 Å². The topological polar surface area (TPSA) is 112 Å². The Morgan fingerprint density at radius 3 is 2.57 bits per heavy atom. The standard InChI is InChI=1S/C20H16BrN5O4/c1-2-30-19(27)16-17(12-5-9-15(10-6-12)26(28)29)24-20-22-11-23-25(20)18(16)13-3-7-14(21)8-4-13/h3-11,18H,2H2,1H3,(H,22,23,24)/t18-/m0/s1. The number of hydrogen-bond acceptors (Lipinski definition) is 7. The van der Waals surface area contributed by atoms with Gasteiger partial charge in [-0.1, -0.05) is 28.1 Å². The minimum atomic E-state index is -0.582. The quantitative estimate of drug-likeness (QED) is 0.342. The summed E-state index contributed by atoms with van der Waals surface area (Å²) in [5, 5.41) is 18.4. The fraction of sp³-hybridized carbons (Fsp3) is 0.150. The van der Waals surface area contributed by atoms with Crippen molar-refractivity contribution in [1.82, 2.24) is 14.8 Å². The highest BCUT2D eigenvalue weighted by Crippen LogP contribution is 2.39. The molecule has 3 aromatic rings. The summed E-state index contributed by atoms with van der Waals surface area (Å²) in [7, 11) is 0. The van der Waals surface area contributed by atoms with Gasteiger partial charge in [-0.2, -0.15) is 10.1 Å². The van der Waals surface area contributed by atoms with E-state index in [1.54, 1.807) is 23.7 Å². The van der Waals surface area contributed by atoms with Gasteiger partial charge in [0.05, 0.1) is 22.8 Å². The van der Waals surface area contributed by atoms with Gasteiger partial charge in [-0.25, -0.2) is 9.48 Å². The van der Waals surface area contributed by atoms with E-state index in [1.165, 1.54) is 18.5 Å². The molecule has 1 aliphatic rings. The normalized spacial score (nSPS) is 15.3. The van der Waals surface area contributed by atoms with Crippen LogP contribution < -0.4 is 5.32 Å². The lowest BCUT2D eigenvalue weighted by Crippen LogP contribution is -2.30. The summed E-state index contributed by atoms with van der Waals surface area (Å²) in [5.74, 6) is -0.0586. The van der Waals surface area contributed by atoms with Gasteiger partial charge in [0.15, 0.2) is 0 Å². The number of rotatable bonds is 5. The minimum absolute atomic E-state index is 0.0412. The van der Waals surface area contributed by atoms with Gasteiger partial charge < -0.3 is 10.1 Å². The molecule has 0 fully saturated rings. The van der Waals surface area contributed by atoms with Crippen molar-refractivity contribution in [3.63, 3.8) is 0 Å². The van der Waals surface area contributed by atoms with E-state index >= 15 is 0 Å². The molecule has 4 rings (SSSR count). The number of esters is 1.